The first-order chi connectivity index (χ1) is 14.6. The van der Waals surface area contributed by atoms with Crippen molar-refractivity contribution in [3.8, 4) is 11.8 Å². The summed E-state index contributed by atoms with van der Waals surface area (Å²) in [6.07, 6.45) is 10.3. The molecule has 7 heteroatoms. The minimum absolute atomic E-state index is 0.197. The molecule has 1 aliphatic heterocycles. The van der Waals surface area contributed by atoms with Crippen molar-refractivity contribution in [1.29, 1.82) is 0 Å². The molecule has 2 aromatic heterocycles. The van der Waals surface area contributed by atoms with Crippen molar-refractivity contribution in [2.45, 2.75) is 31.4 Å². The van der Waals surface area contributed by atoms with Gasteiger partial charge in [-0.3, -0.25) is 4.90 Å². The maximum Gasteiger partial charge on any atom is 0.321 e. The van der Waals surface area contributed by atoms with Gasteiger partial charge >= 0.3 is 6.01 Å². The van der Waals surface area contributed by atoms with Crippen LogP contribution in [0.25, 0.3) is 0 Å². The summed E-state index contributed by atoms with van der Waals surface area (Å²) in [5.41, 5.74) is 0.353. The Hall–Kier alpha value is -2.77. The third-order valence-electron chi connectivity index (χ3n) is 6.54. The molecule has 5 rings (SSSR count). The Kier molecular flexibility index (Phi) is 5.00. The lowest BCUT2D eigenvalue weighted by molar-refractivity contribution is -0.155. The molecular weight excluding hydrogens is 378 g/mol. The molecule has 1 aliphatic carbocycles. The molecule has 2 fully saturated rings. The van der Waals surface area contributed by atoms with Crippen molar-refractivity contribution >= 4 is 0 Å². The Morgan fingerprint density at radius 1 is 1.07 bits per heavy atom. The van der Waals surface area contributed by atoms with Gasteiger partial charge in [-0.15, -0.1) is 0 Å². The highest BCUT2D eigenvalue weighted by atomic mass is 16.5. The van der Waals surface area contributed by atoms with Crippen LogP contribution < -0.4 is 4.74 Å². The number of likely N-dealkylation sites (tertiary alicyclic amines) is 1. The first-order valence-electron chi connectivity index (χ1n) is 10.6. The van der Waals surface area contributed by atoms with E-state index in [2.05, 4.69) is 25.9 Å². The van der Waals surface area contributed by atoms with E-state index >= 15 is 0 Å². The van der Waals surface area contributed by atoms with Crippen molar-refractivity contribution in [3.63, 3.8) is 0 Å². The second kappa shape index (κ2) is 7.81. The first kappa shape index (κ1) is 19.2. The van der Waals surface area contributed by atoms with Crippen LogP contribution in [0.3, 0.4) is 0 Å². The highest BCUT2D eigenvalue weighted by Crippen LogP contribution is 2.48. The third-order valence-corrected chi connectivity index (χ3v) is 6.54. The fourth-order valence-corrected chi connectivity index (χ4v) is 5.20. The van der Waals surface area contributed by atoms with E-state index in [0.717, 1.165) is 44.0 Å². The number of hydrogen-bond acceptors (Lipinski definition) is 6. The Morgan fingerprint density at radius 3 is 2.53 bits per heavy atom. The van der Waals surface area contributed by atoms with E-state index < -0.39 is 5.60 Å². The first-order valence-corrected chi connectivity index (χ1v) is 10.6. The molecule has 1 N–H and O–H groups in total. The number of nitrogens with zero attached hydrogens (tertiary/aromatic N) is 5. The number of imidazole rings is 1. The molecule has 1 saturated carbocycles. The van der Waals surface area contributed by atoms with Crippen LogP contribution in [0.2, 0.25) is 0 Å². The average Bonchev–Trinajstić information content (AvgIpc) is 3.16. The molecule has 0 spiro atoms. The molecule has 2 atom stereocenters. The predicted octanol–water partition coefficient (Wildman–Crippen LogP) is 3.12. The second-order valence-corrected chi connectivity index (χ2v) is 8.49. The number of benzene rings is 1. The maximum atomic E-state index is 11.7. The van der Waals surface area contributed by atoms with Crippen LogP contribution in [0.4, 0.5) is 0 Å². The van der Waals surface area contributed by atoms with Crippen molar-refractivity contribution in [2.75, 3.05) is 13.1 Å². The van der Waals surface area contributed by atoms with E-state index in [0.29, 0.717) is 6.01 Å². The van der Waals surface area contributed by atoms with Gasteiger partial charge in [0.05, 0.1) is 0 Å². The van der Waals surface area contributed by atoms with Crippen LogP contribution in [-0.4, -0.2) is 42.6 Å². The van der Waals surface area contributed by atoms with Gasteiger partial charge in [-0.05, 0) is 36.6 Å². The van der Waals surface area contributed by atoms with Crippen molar-refractivity contribution in [3.05, 3.63) is 66.5 Å². The van der Waals surface area contributed by atoms with Crippen LogP contribution in [0.15, 0.2) is 55.1 Å². The number of fused-ring (bicyclic) bond motifs is 2. The van der Waals surface area contributed by atoms with E-state index in [-0.39, 0.29) is 11.8 Å². The monoisotopic (exact) mass is 405 g/mol. The minimum atomic E-state index is -0.831. The molecule has 2 bridgehead atoms. The van der Waals surface area contributed by atoms with Crippen LogP contribution >= 0.6 is 0 Å². The van der Waals surface area contributed by atoms with Gasteiger partial charge in [0.2, 0.25) is 0 Å². The summed E-state index contributed by atoms with van der Waals surface area (Å²) < 4.78 is 7.77. The summed E-state index contributed by atoms with van der Waals surface area (Å²) in [5.74, 6) is 1.95. The summed E-state index contributed by atoms with van der Waals surface area (Å²) in [6, 6.07) is 10.2. The fraction of sp³-hybridized carbons (Fsp3) is 0.435. The molecule has 3 aromatic rings. The molecule has 0 radical (unpaired) electrons. The Morgan fingerprint density at radius 2 is 1.83 bits per heavy atom. The van der Waals surface area contributed by atoms with Gasteiger partial charge in [-0.25, -0.2) is 15.0 Å². The molecule has 7 nitrogen and oxygen atoms in total. The van der Waals surface area contributed by atoms with Crippen molar-refractivity contribution in [1.82, 2.24) is 24.4 Å². The lowest BCUT2D eigenvalue weighted by Gasteiger charge is -2.52. The van der Waals surface area contributed by atoms with E-state index in [4.69, 9.17) is 4.74 Å². The zero-order chi connectivity index (χ0) is 20.6. The van der Waals surface area contributed by atoms with Crippen molar-refractivity contribution < 1.29 is 9.84 Å². The third kappa shape index (κ3) is 3.48. The van der Waals surface area contributed by atoms with Gasteiger partial charge in [0.15, 0.2) is 0 Å². The van der Waals surface area contributed by atoms with Crippen LogP contribution in [0, 0.1) is 11.8 Å². The largest absolute Gasteiger partial charge is 0.424 e. The quantitative estimate of drug-likeness (QED) is 0.703. The van der Waals surface area contributed by atoms with Crippen LogP contribution in [0.1, 0.15) is 30.7 Å². The van der Waals surface area contributed by atoms with Gasteiger partial charge in [-0.2, -0.15) is 0 Å². The second-order valence-electron chi connectivity index (χ2n) is 8.49. The predicted molar refractivity (Wildman–Crippen MR) is 112 cm³/mol. The summed E-state index contributed by atoms with van der Waals surface area (Å²) in [5, 5.41) is 11.7. The summed E-state index contributed by atoms with van der Waals surface area (Å²) in [6.45, 7) is 2.57. The molecular formula is C23H27N5O2. The summed E-state index contributed by atoms with van der Waals surface area (Å²) in [4.78, 5) is 15.2. The van der Waals surface area contributed by atoms with Gasteiger partial charge in [0.25, 0.3) is 0 Å². The molecule has 0 unspecified atom stereocenters. The topological polar surface area (TPSA) is 76.3 Å². The zero-order valence-electron chi connectivity index (χ0n) is 17.2. The molecule has 0 amide bonds. The molecule has 30 heavy (non-hydrogen) atoms. The zero-order valence-corrected chi connectivity index (χ0v) is 17.2. The van der Waals surface area contributed by atoms with E-state index in [1.807, 2.05) is 36.0 Å². The number of aliphatic hydroxyl groups is 1. The summed E-state index contributed by atoms with van der Waals surface area (Å²) >= 11 is 0. The normalized spacial score (nSPS) is 26.5. The van der Waals surface area contributed by atoms with Gasteiger partial charge in [0.1, 0.15) is 17.2 Å². The SMILES string of the molecule is Cn1ccnc1C1(O)[C@H]2CCC[C@H]1CN(Cc1cccc(Oc3ncccn3)c1)C2. The maximum absolute atomic E-state index is 11.7. The van der Waals surface area contributed by atoms with Crippen LogP contribution in [0.5, 0.6) is 11.8 Å². The standard InChI is InChI=1S/C23H27N5O2/c1-27-12-11-24-21(27)23(29)18-6-3-7-19(23)16-28(15-18)14-17-5-2-8-20(13-17)30-22-25-9-4-10-26-22/h2,4-5,8-13,18-19,29H,3,6-7,14-16H2,1H3/t18-,19-/m0/s1. The van der Waals surface area contributed by atoms with Crippen molar-refractivity contribution in [2.24, 2.45) is 18.9 Å². The lowest BCUT2D eigenvalue weighted by atomic mass is 9.65. The number of ether oxygens (including phenoxy) is 1. The van der Waals surface area contributed by atoms with E-state index in [1.165, 1.54) is 12.0 Å². The van der Waals surface area contributed by atoms with Gasteiger partial charge in [0, 0.05) is 63.3 Å². The Bertz CT molecular complexity index is 992. The molecule has 1 aromatic carbocycles. The molecule has 3 heterocycles. The lowest BCUT2D eigenvalue weighted by Crippen LogP contribution is -2.58. The van der Waals surface area contributed by atoms with Gasteiger partial charge in [-0.1, -0.05) is 18.6 Å². The van der Waals surface area contributed by atoms with Gasteiger partial charge < -0.3 is 14.4 Å². The highest BCUT2D eigenvalue weighted by molar-refractivity contribution is 5.30. The number of aromatic nitrogens is 4. The number of aryl methyl sites for hydroxylation is 1. The van der Waals surface area contributed by atoms with Crippen LogP contribution in [-0.2, 0) is 19.2 Å². The van der Waals surface area contributed by atoms with E-state index in [1.54, 1.807) is 24.7 Å². The average molecular weight is 406 g/mol. The summed E-state index contributed by atoms with van der Waals surface area (Å²) in [7, 11) is 1.98. The Labute approximate surface area is 176 Å². The number of piperidine rings is 1. The number of hydrogen-bond donors (Lipinski definition) is 1. The highest BCUT2D eigenvalue weighted by Gasteiger charge is 2.53. The van der Waals surface area contributed by atoms with E-state index in [9.17, 15) is 5.11 Å². The Balaban J connectivity index is 1.32. The molecule has 2 aliphatic rings. The molecule has 1 saturated heterocycles. The number of rotatable bonds is 5. The minimum Gasteiger partial charge on any atom is -0.424 e. The fourth-order valence-electron chi connectivity index (χ4n) is 5.20. The molecule has 156 valence electrons. The smallest absolute Gasteiger partial charge is 0.321 e.